The molecule has 4 nitrogen and oxygen atoms in total. The number of hydrogen-bond acceptors (Lipinski definition) is 4. The minimum atomic E-state index is -0.511. The summed E-state index contributed by atoms with van der Waals surface area (Å²) >= 11 is 0. The van der Waals surface area contributed by atoms with Crippen molar-refractivity contribution in [3.63, 3.8) is 0 Å². The van der Waals surface area contributed by atoms with Crippen LogP contribution in [0, 0.1) is 0 Å². The lowest BCUT2D eigenvalue weighted by atomic mass is 10.1. The summed E-state index contributed by atoms with van der Waals surface area (Å²) in [6.07, 6.45) is 1.61. The number of aromatic nitrogens is 1. The van der Waals surface area contributed by atoms with Crippen molar-refractivity contribution in [2.24, 2.45) is 0 Å². The molecule has 88 valence electrons. The molecule has 2 aromatic heterocycles. The average Bonchev–Trinajstić information content (AvgIpc) is 2.40. The number of aromatic hydroxyl groups is 1. The highest BCUT2D eigenvalue weighted by Crippen LogP contribution is 2.25. The van der Waals surface area contributed by atoms with Crippen molar-refractivity contribution in [2.45, 2.75) is 0 Å². The molecular weight excluding hydrogens is 230 g/mol. The zero-order valence-corrected chi connectivity index (χ0v) is 9.33. The van der Waals surface area contributed by atoms with Gasteiger partial charge in [-0.2, -0.15) is 0 Å². The molecular formula is C14H9NO3. The lowest BCUT2D eigenvalue weighted by Crippen LogP contribution is -2.03. The van der Waals surface area contributed by atoms with E-state index >= 15 is 0 Å². The maximum Gasteiger partial charge on any atom is 0.345 e. The van der Waals surface area contributed by atoms with E-state index in [1.807, 2.05) is 0 Å². The number of fused-ring (bicyclic) bond motifs is 1. The van der Waals surface area contributed by atoms with E-state index in [2.05, 4.69) is 4.98 Å². The fraction of sp³-hybridized carbons (Fsp3) is 0. The first-order valence-electron chi connectivity index (χ1n) is 5.43. The van der Waals surface area contributed by atoms with Gasteiger partial charge in [0.25, 0.3) is 0 Å². The van der Waals surface area contributed by atoms with Gasteiger partial charge in [-0.25, -0.2) is 4.79 Å². The third-order valence-corrected chi connectivity index (χ3v) is 2.68. The molecule has 1 aromatic carbocycles. The zero-order valence-electron chi connectivity index (χ0n) is 9.33. The molecule has 0 amide bonds. The standard InChI is InChI=1S/C14H9NO3/c16-12-6-3-4-9-8-10(14(17)18-13(9)12)11-5-1-2-7-15-11/h1-8,16H. The number of nitrogens with zero attached hydrogens (tertiary/aromatic N) is 1. The number of pyridine rings is 1. The monoisotopic (exact) mass is 239 g/mol. The van der Waals surface area contributed by atoms with Gasteiger partial charge in [0.05, 0.1) is 11.3 Å². The lowest BCUT2D eigenvalue weighted by molar-refractivity contribution is 0.457. The van der Waals surface area contributed by atoms with E-state index in [1.54, 1.807) is 42.6 Å². The minimum absolute atomic E-state index is 0.0443. The van der Waals surface area contributed by atoms with E-state index in [1.165, 1.54) is 6.07 Å². The van der Waals surface area contributed by atoms with Gasteiger partial charge in [-0.1, -0.05) is 18.2 Å². The Morgan fingerprint density at radius 1 is 1.11 bits per heavy atom. The van der Waals surface area contributed by atoms with Crippen LogP contribution in [0.5, 0.6) is 5.75 Å². The molecule has 0 radical (unpaired) electrons. The molecule has 18 heavy (non-hydrogen) atoms. The second-order valence-electron chi connectivity index (χ2n) is 3.86. The molecule has 0 fully saturated rings. The molecule has 0 aliphatic rings. The number of benzene rings is 1. The number of rotatable bonds is 1. The Morgan fingerprint density at radius 2 is 2.00 bits per heavy atom. The summed E-state index contributed by atoms with van der Waals surface area (Å²) in [5, 5.41) is 10.3. The largest absolute Gasteiger partial charge is 0.504 e. The molecule has 0 unspecified atom stereocenters. The van der Waals surface area contributed by atoms with Gasteiger partial charge in [0.2, 0.25) is 0 Å². The normalized spacial score (nSPS) is 10.7. The molecule has 2 heterocycles. The van der Waals surface area contributed by atoms with Gasteiger partial charge in [-0.15, -0.1) is 0 Å². The van der Waals surface area contributed by atoms with E-state index in [9.17, 15) is 9.90 Å². The van der Waals surface area contributed by atoms with Gasteiger partial charge in [0, 0.05) is 11.6 Å². The number of phenolic OH excluding ortho intramolecular Hbond substituents is 1. The first-order chi connectivity index (χ1) is 8.75. The molecule has 0 aliphatic heterocycles. The van der Waals surface area contributed by atoms with Crippen LogP contribution in [0.2, 0.25) is 0 Å². The molecule has 3 rings (SSSR count). The van der Waals surface area contributed by atoms with E-state index in [-0.39, 0.29) is 11.3 Å². The quantitative estimate of drug-likeness (QED) is 0.663. The maximum atomic E-state index is 11.9. The van der Waals surface area contributed by atoms with Crippen molar-refractivity contribution in [1.29, 1.82) is 0 Å². The summed E-state index contributed by atoms with van der Waals surface area (Å²) < 4.78 is 5.13. The molecule has 4 heteroatoms. The van der Waals surface area contributed by atoms with E-state index in [0.29, 0.717) is 16.6 Å². The van der Waals surface area contributed by atoms with Crippen LogP contribution >= 0.6 is 0 Å². The van der Waals surface area contributed by atoms with Gasteiger partial charge in [0.1, 0.15) is 0 Å². The molecule has 0 spiro atoms. The first kappa shape index (κ1) is 10.5. The summed E-state index contributed by atoms with van der Waals surface area (Å²) in [6, 6.07) is 11.9. The van der Waals surface area contributed by atoms with Crippen LogP contribution in [0.1, 0.15) is 0 Å². The van der Waals surface area contributed by atoms with Gasteiger partial charge >= 0.3 is 5.63 Å². The van der Waals surface area contributed by atoms with Gasteiger partial charge < -0.3 is 9.52 Å². The molecule has 3 aromatic rings. The highest BCUT2D eigenvalue weighted by atomic mass is 16.4. The van der Waals surface area contributed by atoms with Crippen LogP contribution in [-0.4, -0.2) is 10.1 Å². The fourth-order valence-corrected chi connectivity index (χ4v) is 1.83. The summed E-state index contributed by atoms with van der Waals surface area (Å²) in [5.74, 6) is -0.0443. The van der Waals surface area contributed by atoms with Crippen molar-refractivity contribution in [2.75, 3.05) is 0 Å². The Kier molecular flexibility index (Phi) is 2.34. The molecule has 0 aliphatic carbocycles. The topological polar surface area (TPSA) is 63.3 Å². The highest BCUT2D eigenvalue weighted by molar-refractivity contribution is 5.85. The van der Waals surface area contributed by atoms with Crippen LogP contribution in [0.3, 0.4) is 0 Å². The predicted molar refractivity (Wildman–Crippen MR) is 67.4 cm³/mol. The highest BCUT2D eigenvalue weighted by Gasteiger charge is 2.10. The zero-order chi connectivity index (χ0) is 12.5. The van der Waals surface area contributed by atoms with E-state index < -0.39 is 5.63 Å². The van der Waals surface area contributed by atoms with Crippen molar-refractivity contribution in [1.82, 2.24) is 4.98 Å². The third kappa shape index (κ3) is 1.64. The Hall–Kier alpha value is -2.62. The number of phenols is 1. The van der Waals surface area contributed by atoms with Gasteiger partial charge in [-0.05, 0) is 24.3 Å². The van der Waals surface area contributed by atoms with Gasteiger partial charge in [0.15, 0.2) is 11.3 Å². The van der Waals surface area contributed by atoms with Crippen molar-refractivity contribution < 1.29 is 9.52 Å². The van der Waals surface area contributed by atoms with Crippen molar-refractivity contribution in [3.8, 4) is 17.0 Å². The van der Waals surface area contributed by atoms with E-state index in [0.717, 1.165) is 0 Å². The van der Waals surface area contributed by atoms with Crippen molar-refractivity contribution >= 4 is 11.0 Å². The molecule has 0 saturated carbocycles. The van der Waals surface area contributed by atoms with Crippen molar-refractivity contribution in [3.05, 3.63) is 59.1 Å². The van der Waals surface area contributed by atoms with E-state index in [4.69, 9.17) is 4.42 Å². The Bertz CT molecular complexity index is 763. The summed E-state index contributed by atoms with van der Waals surface area (Å²) in [4.78, 5) is 16.0. The molecule has 1 N–H and O–H groups in total. The van der Waals surface area contributed by atoms with Crippen LogP contribution in [0.4, 0.5) is 0 Å². The number of para-hydroxylation sites is 1. The summed E-state index contributed by atoms with van der Waals surface area (Å²) in [6.45, 7) is 0. The second-order valence-corrected chi connectivity index (χ2v) is 3.86. The Labute approximate surface area is 102 Å². The SMILES string of the molecule is O=c1oc2c(O)cccc2cc1-c1ccccn1. The predicted octanol–water partition coefficient (Wildman–Crippen LogP) is 2.56. The Balaban J connectivity index is 2.33. The number of hydrogen-bond donors (Lipinski definition) is 1. The maximum absolute atomic E-state index is 11.9. The lowest BCUT2D eigenvalue weighted by Gasteiger charge is -2.02. The third-order valence-electron chi connectivity index (χ3n) is 2.68. The molecule has 0 atom stereocenters. The van der Waals surface area contributed by atoms with Gasteiger partial charge in [-0.3, -0.25) is 4.98 Å². The molecule has 0 bridgehead atoms. The molecule has 0 saturated heterocycles. The van der Waals surface area contributed by atoms with Crippen LogP contribution < -0.4 is 5.63 Å². The first-order valence-corrected chi connectivity index (χ1v) is 5.43. The summed E-state index contributed by atoms with van der Waals surface area (Å²) in [7, 11) is 0. The Morgan fingerprint density at radius 3 is 2.78 bits per heavy atom. The van der Waals surface area contributed by atoms with Crippen LogP contribution in [0.25, 0.3) is 22.2 Å². The smallest absolute Gasteiger partial charge is 0.345 e. The summed E-state index contributed by atoms with van der Waals surface area (Å²) in [5.41, 5.74) is 0.620. The van der Waals surface area contributed by atoms with Crippen LogP contribution in [-0.2, 0) is 0 Å². The fourth-order valence-electron chi connectivity index (χ4n) is 1.83. The van der Waals surface area contributed by atoms with Crippen LogP contribution in [0.15, 0.2) is 57.9 Å². The minimum Gasteiger partial charge on any atom is -0.504 e. The second kappa shape index (κ2) is 4.00. The average molecular weight is 239 g/mol.